The van der Waals surface area contributed by atoms with Crippen LogP contribution in [0.5, 0.6) is 11.5 Å². The molecule has 7 nitrogen and oxygen atoms in total. The smallest absolute Gasteiger partial charge is 0.352 e. The molecule has 31 heavy (non-hydrogen) atoms. The number of carboxylic acid groups (broad SMARTS) is 1. The summed E-state index contributed by atoms with van der Waals surface area (Å²) in [5, 5.41) is 14.8. The lowest BCUT2D eigenvalue weighted by atomic mass is 10.1. The standard InChI is InChI=1S/C23H20N2O5S/c1-29-17-5-3-14(20(10-17)30-2)11-24-22(26)21-9-16(12-31-21)13-4-6-18-15(7-13)8-19(25-18)23(27)28/h3-10,12,25H,11H2,1-2H3,(H,24,26)(H,27,28). The van der Waals surface area contributed by atoms with E-state index in [0.29, 0.717) is 22.9 Å². The fourth-order valence-corrected chi connectivity index (χ4v) is 4.13. The molecular weight excluding hydrogens is 416 g/mol. The summed E-state index contributed by atoms with van der Waals surface area (Å²) in [6.07, 6.45) is 0. The van der Waals surface area contributed by atoms with E-state index in [1.54, 1.807) is 26.4 Å². The van der Waals surface area contributed by atoms with Crippen molar-refractivity contribution in [3.63, 3.8) is 0 Å². The monoisotopic (exact) mass is 436 g/mol. The molecule has 0 aliphatic carbocycles. The number of ether oxygens (including phenoxy) is 2. The molecule has 2 aromatic heterocycles. The van der Waals surface area contributed by atoms with Gasteiger partial charge in [0.05, 0.1) is 19.1 Å². The number of aromatic amines is 1. The van der Waals surface area contributed by atoms with Crippen LogP contribution >= 0.6 is 11.3 Å². The van der Waals surface area contributed by atoms with Crippen molar-refractivity contribution >= 4 is 34.1 Å². The van der Waals surface area contributed by atoms with Crippen LogP contribution in [0.15, 0.2) is 53.9 Å². The first-order valence-corrected chi connectivity index (χ1v) is 10.3. The molecule has 0 aliphatic rings. The third kappa shape index (κ3) is 4.24. The Kier molecular flexibility index (Phi) is 5.64. The van der Waals surface area contributed by atoms with E-state index < -0.39 is 5.97 Å². The van der Waals surface area contributed by atoms with Crippen LogP contribution in [-0.4, -0.2) is 36.2 Å². The van der Waals surface area contributed by atoms with Crippen molar-refractivity contribution in [2.75, 3.05) is 14.2 Å². The van der Waals surface area contributed by atoms with Crippen molar-refractivity contribution in [1.82, 2.24) is 10.3 Å². The number of H-pyrrole nitrogens is 1. The molecule has 2 heterocycles. The van der Waals surface area contributed by atoms with Crippen LogP contribution in [-0.2, 0) is 6.54 Å². The minimum Gasteiger partial charge on any atom is -0.497 e. The average molecular weight is 436 g/mol. The molecule has 0 atom stereocenters. The number of hydrogen-bond acceptors (Lipinski definition) is 5. The van der Waals surface area contributed by atoms with Gasteiger partial charge in [-0.05, 0) is 52.9 Å². The molecule has 0 saturated carbocycles. The first-order valence-electron chi connectivity index (χ1n) is 9.42. The van der Waals surface area contributed by atoms with E-state index >= 15 is 0 Å². The van der Waals surface area contributed by atoms with Gasteiger partial charge < -0.3 is 24.9 Å². The first-order chi connectivity index (χ1) is 15.0. The summed E-state index contributed by atoms with van der Waals surface area (Å²) in [4.78, 5) is 27.2. The molecular formula is C23H20N2O5S. The third-order valence-electron chi connectivity index (χ3n) is 4.94. The van der Waals surface area contributed by atoms with Crippen LogP contribution in [0.4, 0.5) is 0 Å². The lowest BCUT2D eigenvalue weighted by Crippen LogP contribution is -2.22. The molecule has 0 spiro atoms. The highest BCUT2D eigenvalue weighted by molar-refractivity contribution is 7.12. The van der Waals surface area contributed by atoms with Gasteiger partial charge in [0.2, 0.25) is 0 Å². The first kappa shape index (κ1) is 20.5. The van der Waals surface area contributed by atoms with Crippen molar-refractivity contribution < 1.29 is 24.2 Å². The second-order valence-electron chi connectivity index (χ2n) is 6.85. The van der Waals surface area contributed by atoms with Crippen molar-refractivity contribution in [3.8, 4) is 22.6 Å². The number of aromatic carboxylic acids is 1. The fraction of sp³-hybridized carbons (Fsp3) is 0.130. The number of carbonyl (C=O) groups is 2. The van der Waals surface area contributed by atoms with E-state index in [9.17, 15) is 9.59 Å². The van der Waals surface area contributed by atoms with Gasteiger partial charge in [0.25, 0.3) is 5.91 Å². The minimum atomic E-state index is -0.999. The Morgan fingerprint density at radius 1 is 1.03 bits per heavy atom. The zero-order chi connectivity index (χ0) is 22.0. The predicted octanol–water partition coefficient (Wildman–Crippen LogP) is 4.54. The number of thiophene rings is 1. The Balaban J connectivity index is 1.49. The number of rotatable bonds is 7. The van der Waals surface area contributed by atoms with Crippen LogP contribution in [0.3, 0.4) is 0 Å². The molecule has 0 fully saturated rings. The van der Waals surface area contributed by atoms with Gasteiger partial charge >= 0.3 is 5.97 Å². The molecule has 158 valence electrons. The number of amides is 1. The molecule has 0 radical (unpaired) electrons. The van der Waals surface area contributed by atoms with Crippen LogP contribution in [0.25, 0.3) is 22.0 Å². The molecule has 0 saturated heterocycles. The summed E-state index contributed by atoms with van der Waals surface area (Å²) < 4.78 is 10.6. The van der Waals surface area contributed by atoms with E-state index in [-0.39, 0.29) is 11.6 Å². The van der Waals surface area contributed by atoms with Crippen LogP contribution in [0.1, 0.15) is 25.7 Å². The Bertz CT molecular complexity index is 1270. The summed E-state index contributed by atoms with van der Waals surface area (Å²) in [6.45, 7) is 0.326. The molecule has 0 aliphatic heterocycles. The van der Waals surface area contributed by atoms with E-state index in [0.717, 1.165) is 27.6 Å². The highest BCUT2D eigenvalue weighted by Crippen LogP contribution is 2.29. The number of benzene rings is 2. The Hall–Kier alpha value is -3.78. The number of hydrogen-bond donors (Lipinski definition) is 3. The zero-order valence-electron chi connectivity index (χ0n) is 16.9. The Morgan fingerprint density at radius 3 is 2.61 bits per heavy atom. The molecule has 8 heteroatoms. The second kappa shape index (κ2) is 8.53. The summed E-state index contributed by atoms with van der Waals surface area (Å²) in [6, 6.07) is 14.5. The number of methoxy groups -OCH3 is 2. The van der Waals surface area contributed by atoms with Crippen LogP contribution in [0.2, 0.25) is 0 Å². The van der Waals surface area contributed by atoms with Crippen LogP contribution < -0.4 is 14.8 Å². The molecule has 3 N–H and O–H groups in total. The largest absolute Gasteiger partial charge is 0.497 e. The van der Waals surface area contributed by atoms with Gasteiger partial charge in [-0.3, -0.25) is 4.79 Å². The third-order valence-corrected chi connectivity index (χ3v) is 5.87. The Morgan fingerprint density at radius 2 is 1.87 bits per heavy atom. The maximum atomic E-state index is 12.6. The lowest BCUT2D eigenvalue weighted by molar-refractivity contribution is 0.0691. The van der Waals surface area contributed by atoms with Crippen molar-refractivity contribution in [2.45, 2.75) is 6.54 Å². The number of aromatic nitrogens is 1. The molecule has 0 unspecified atom stereocenters. The predicted molar refractivity (Wildman–Crippen MR) is 119 cm³/mol. The average Bonchev–Trinajstić information content (AvgIpc) is 3.44. The molecule has 1 amide bonds. The highest BCUT2D eigenvalue weighted by atomic mass is 32.1. The van der Waals surface area contributed by atoms with Gasteiger partial charge in [-0.1, -0.05) is 6.07 Å². The van der Waals surface area contributed by atoms with Gasteiger partial charge in [-0.15, -0.1) is 11.3 Å². The number of nitrogens with one attached hydrogen (secondary N) is 2. The molecule has 4 aromatic rings. The molecule has 0 bridgehead atoms. The summed E-state index contributed by atoms with van der Waals surface area (Å²) in [5.41, 5.74) is 3.56. The van der Waals surface area contributed by atoms with Crippen molar-refractivity contribution in [2.24, 2.45) is 0 Å². The summed E-state index contributed by atoms with van der Waals surface area (Å²) >= 11 is 1.35. The number of carbonyl (C=O) groups excluding carboxylic acids is 1. The topological polar surface area (TPSA) is 101 Å². The van der Waals surface area contributed by atoms with Gasteiger partial charge in [-0.2, -0.15) is 0 Å². The molecule has 4 rings (SSSR count). The maximum Gasteiger partial charge on any atom is 0.352 e. The molecule has 2 aromatic carbocycles. The van der Waals surface area contributed by atoms with E-state index in [2.05, 4.69) is 10.3 Å². The van der Waals surface area contributed by atoms with E-state index in [1.807, 2.05) is 41.8 Å². The summed E-state index contributed by atoms with van der Waals surface area (Å²) in [7, 11) is 3.16. The SMILES string of the molecule is COc1ccc(CNC(=O)c2cc(-c3ccc4[nH]c(C(=O)O)cc4c3)cs2)c(OC)c1. The van der Waals surface area contributed by atoms with Crippen LogP contribution in [0, 0.1) is 0 Å². The fourth-order valence-electron chi connectivity index (χ4n) is 3.29. The number of carboxylic acids is 1. The van der Waals surface area contributed by atoms with E-state index in [1.165, 1.54) is 11.3 Å². The second-order valence-corrected chi connectivity index (χ2v) is 7.76. The van der Waals surface area contributed by atoms with Crippen molar-refractivity contribution in [3.05, 3.63) is 70.0 Å². The van der Waals surface area contributed by atoms with E-state index in [4.69, 9.17) is 14.6 Å². The minimum absolute atomic E-state index is 0.145. The quantitative estimate of drug-likeness (QED) is 0.395. The van der Waals surface area contributed by atoms with Gasteiger partial charge in [0.1, 0.15) is 17.2 Å². The Labute approximate surface area is 182 Å². The number of fused-ring (bicyclic) bond motifs is 1. The maximum absolute atomic E-state index is 12.6. The summed E-state index contributed by atoms with van der Waals surface area (Å²) in [5.74, 6) is 0.155. The normalized spacial score (nSPS) is 10.8. The van der Waals surface area contributed by atoms with Gasteiger partial charge in [0, 0.05) is 29.1 Å². The van der Waals surface area contributed by atoms with Gasteiger partial charge in [-0.25, -0.2) is 4.79 Å². The van der Waals surface area contributed by atoms with Gasteiger partial charge in [0.15, 0.2) is 0 Å². The zero-order valence-corrected chi connectivity index (χ0v) is 17.7. The van der Waals surface area contributed by atoms with Crippen molar-refractivity contribution in [1.29, 1.82) is 0 Å². The highest BCUT2D eigenvalue weighted by Gasteiger charge is 2.13. The lowest BCUT2D eigenvalue weighted by Gasteiger charge is -2.11.